The fraction of sp³-hybridized carbons (Fsp3) is 0.400. The second kappa shape index (κ2) is 6.80. The quantitative estimate of drug-likeness (QED) is 0.673. The largest absolute Gasteiger partial charge is 0.489 e. The van der Waals surface area contributed by atoms with E-state index in [0.717, 1.165) is 5.75 Å². The van der Waals surface area contributed by atoms with E-state index < -0.39 is 0 Å². The third-order valence-electron chi connectivity index (χ3n) is 3.59. The van der Waals surface area contributed by atoms with Gasteiger partial charge in [-0.05, 0) is 41.0 Å². The molecule has 0 amide bonds. The Morgan fingerprint density at radius 3 is 2.33 bits per heavy atom. The van der Waals surface area contributed by atoms with Crippen LogP contribution in [0.25, 0.3) is 0 Å². The lowest BCUT2D eigenvalue weighted by Crippen LogP contribution is -2.10. The highest BCUT2D eigenvalue weighted by atomic mass is 16.5. The molecule has 0 spiro atoms. The van der Waals surface area contributed by atoms with E-state index >= 15 is 0 Å². The van der Waals surface area contributed by atoms with Crippen molar-refractivity contribution < 1.29 is 4.74 Å². The van der Waals surface area contributed by atoms with Crippen LogP contribution in [0.4, 0.5) is 0 Å². The Bertz CT molecular complexity index is 552. The first-order valence-electron chi connectivity index (χ1n) is 7.71. The van der Waals surface area contributed by atoms with Crippen LogP contribution >= 0.6 is 0 Å². The van der Waals surface area contributed by atoms with Crippen molar-refractivity contribution in [1.82, 2.24) is 0 Å². The first-order chi connectivity index (χ1) is 9.94. The van der Waals surface area contributed by atoms with Gasteiger partial charge in [0, 0.05) is 0 Å². The maximum atomic E-state index is 5.91. The molecule has 21 heavy (non-hydrogen) atoms. The fourth-order valence-electron chi connectivity index (χ4n) is 2.69. The number of ether oxygens (including phenoxy) is 1. The molecule has 0 aliphatic rings. The molecule has 2 aromatic carbocycles. The van der Waals surface area contributed by atoms with Crippen LogP contribution in [0.2, 0.25) is 0 Å². The summed E-state index contributed by atoms with van der Waals surface area (Å²) in [6.45, 7) is 9.79. The van der Waals surface area contributed by atoms with Gasteiger partial charge in [0.25, 0.3) is 0 Å². The van der Waals surface area contributed by atoms with Crippen molar-refractivity contribution in [3.8, 4) is 5.75 Å². The van der Waals surface area contributed by atoms with Crippen molar-refractivity contribution in [3.63, 3.8) is 0 Å². The Hall–Kier alpha value is -1.76. The van der Waals surface area contributed by atoms with Gasteiger partial charge in [-0.15, -0.1) is 0 Å². The average molecular weight is 282 g/mol. The summed E-state index contributed by atoms with van der Waals surface area (Å²) in [5.41, 5.74) is 2.90. The van der Waals surface area contributed by atoms with Gasteiger partial charge in [-0.1, -0.05) is 70.2 Å². The summed E-state index contributed by atoms with van der Waals surface area (Å²) in [4.78, 5) is 0. The Balaban J connectivity index is 2.00. The van der Waals surface area contributed by atoms with E-state index in [-0.39, 0.29) is 0 Å². The molecule has 0 aliphatic carbocycles. The fourth-order valence-corrected chi connectivity index (χ4v) is 2.69. The molecule has 0 heterocycles. The summed E-state index contributed by atoms with van der Waals surface area (Å²) in [6, 6.07) is 18.8. The first-order valence-corrected chi connectivity index (χ1v) is 7.71. The third kappa shape index (κ3) is 5.26. The highest BCUT2D eigenvalue weighted by molar-refractivity contribution is 5.31. The first kappa shape index (κ1) is 15.6. The van der Waals surface area contributed by atoms with Crippen LogP contribution in [-0.2, 0) is 6.61 Å². The summed E-state index contributed by atoms with van der Waals surface area (Å²) < 4.78 is 5.91. The Morgan fingerprint density at radius 1 is 0.952 bits per heavy atom. The Kier molecular flexibility index (Phi) is 5.06. The molecule has 1 atom stereocenters. The predicted octanol–water partition coefficient (Wildman–Crippen LogP) is 5.81. The second-order valence-corrected chi connectivity index (χ2v) is 7.01. The molecule has 112 valence electrons. The summed E-state index contributed by atoms with van der Waals surface area (Å²) in [5, 5.41) is 0. The average Bonchev–Trinajstić information content (AvgIpc) is 2.45. The molecule has 2 aromatic rings. The molecular formula is C20H26O. The van der Waals surface area contributed by atoms with E-state index in [1.165, 1.54) is 17.5 Å². The SMILES string of the molecule is CC(CC(C)(C)C)c1cccc(OCc2ccccc2)c1. The third-order valence-corrected chi connectivity index (χ3v) is 3.59. The molecule has 2 rings (SSSR count). The van der Waals surface area contributed by atoms with Crippen molar-refractivity contribution in [1.29, 1.82) is 0 Å². The molecule has 0 saturated carbocycles. The van der Waals surface area contributed by atoms with Crippen molar-refractivity contribution in [2.45, 2.75) is 46.6 Å². The van der Waals surface area contributed by atoms with Gasteiger partial charge < -0.3 is 4.74 Å². The van der Waals surface area contributed by atoms with Gasteiger partial charge >= 0.3 is 0 Å². The number of rotatable bonds is 5. The number of hydrogen-bond donors (Lipinski definition) is 0. The van der Waals surface area contributed by atoms with Gasteiger partial charge in [-0.25, -0.2) is 0 Å². The summed E-state index contributed by atoms with van der Waals surface area (Å²) in [7, 11) is 0. The molecule has 0 bridgehead atoms. The van der Waals surface area contributed by atoms with Gasteiger partial charge in [0.15, 0.2) is 0 Å². The molecule has 0 fully saturated rings. The van der Waals surface area contributed by atoms with E-state index in [1.807, 2.05) is 24.3 Å². The minimum atomic E-state index is 0.348. The van der Waals surface area contributed by atoms with Gasteiger partial charge in [-0.2, -0.15) is 0 Å². The number of hydrogen-bond acceptors (Lipinski definition) is 1. The van der Waals surface area contributed by atoms with Crippen LogP contribution in [0.1, 0.15) is 51.2 Å². The molecule has 1 heteroatoms. The molecule has 0 saturated heterocycles. The minimum Gasteiger partial charge on any atom is -0.489 e. The van der Waals surface area contributed by atoms with Gasteiger partial charge in [0.05, 0.1) is 0 Å². The lowest BCUT2D eigenvalue weighted by Gasteiger charge is -2.23. The van der Waals surface area contributed by atoms with Crippen LogP contribution in [-0.4, -0.2) is 0 Å². The van der Waals surface area contributed by atoms with E-state index in [0.29, 0.717) is 17.9 Å². The molecule has 0 aliphatic heterocycles. The summed E-state index contributed by atoms with van der Waals surface area (Å²) >= 11 is 0. The van der Waals surface area contributed by atoms with Crippen molar-refractivity contribution in [2.24, 2.45) is 5.41 Å². The second-order valence-electron chi connectivity index (χ2n) is 7.01. The predicted molar refractivity (Wildman–Crippen MR) is 89.7 cm³/mol. The van der Waals surface area contributed by atoms with Crippen molar-refractivity contribution >= 4 is 0 Å². The van der Waals surface area contributed by atoms with Crippen molar-refractivity contribution in [3.05, 3.63) is 65.7 Å². The zero-order valence-electron chi connectivity index (χ0n) is 13.6. The smallest absolute Gasteiger partial charge is 0.120 e. The molecule has 0 aromatic heterocycles. The van der Waals surface area contributed by atoms with Crippen LogP contribution < -0.4 is 4.74 Å². The lowest BCUT2D eigenvalue weighted by molar-refractivity contribution is 0.304. The molecule has 0 radical (unpaired) electrons. The zero-order chi connectivity index (χ0) is 15.3. The van der Waals surface area contributed by atoms with Crippen LogP contribution in [0.3, 0.4) is 0 Å². The molecule has 1 unspecified atom stereocenters. The number of benzene rings is 2. The molecule has 0 N–H and O–H groups in total. The highest BCUT2D eigenvalue weighted by Crippen LogP contribution is 2.32. The van der Waals surface area contributed by atoms with Crippen molar-refractivity contribution in [2.75, 3.05) is 0 Å². The van der Waals surface area contributed by atoms with Gasteiger partial charge in [0.1, 0.15) is 12.4 Å². The van der Waals surface area contributed by atoms with Crippen LogP contribution in [0.15, 0.2) is 54.6 Å². The summed E-state index contributed by atoms with van der Waals surface area (Å²) in [6.07, 6.45) is 1.18. The van der Waals surface area contributed by atoms with E-state index in [1.54, 1.807) is 0 Å². The standard InChI is InChI=1S/C20H26O/c1-16(14-20(2,3)4)18-11-8-12-19(13-18)21-15-17-9-6-5-7-10-17/h5-13,16H,14-15H2,1-4H3. The van der Waals surface area contributed by atoms with E-state index in [9.17, 15) is 0 Å². The summed E-state index contributed by atoms with van der Waals surface area (Å²) in [5.74, 6) is 1.50. The molecule has 1 nitrogen and oxygen atoms in total. The van der Waals surface area contributed by atoms with E-state index in [4.69, 9.17) is 4.74 Å². The maximum absolute atomic E-state index is 5.91. The monoisotopic (exact) mass is 282 g/mol. The minimum absolute atomic E-state index is 0.348. The molecular weight excluding hydrogens is 256 g/mol. The zero-order valence-corrected chi connectivity index (χ0v) is 13.6. The normalized spacial score (nSPS) is 13.0. The van der Waals surface area contributed by atoms with Crippen LogP contribution in [0, 0.1) is 5.41 Å². The Labute approximate surface area is 129 Å². The topological polar surface area (TPSA) is 9.23 Å². The highest BCUT2D eigenvalue weighted by Gasteiger charge is 2.16. The van der Waals surface area contributed by atoms with Crippen LogP contribution in [0.5, 0.6) is 5.75 Å². The maximum Gasteiger partial charge on any atom is 0.120 e. The Morgan fingerprint density at radius 2 is 1.67 bits per heavy atom. The van der Waals surface area contributed by atoms with Gasteiger partial charge in [0.2, 0.25) is 0 Å². The van der Waals surface area contributed by atoms with E-state index in [2.05, 4.69) is 58.0 Å². The van der Waals surface area contributed by atoms with Gasteiger partial charge in [-0.3, -0.25) is 0 Å². The lowest BCUT2D eigenvalue weighted by atomic mass is 9.82.